The van der Waals surface area contributed by atoms with Gasteiger partial charge in [0.1, 0.15) is 18.1 Å². The average Bonchev–Trinajstić information content (AvgIpc) is 2.82. The lowest BCUT2D eigenvalue weighted by Gasteiger charge is -2.20. The lowest BCUT2D eigenvalue weighted by molar-refractivity contribution is 0.0947. The van der Waals surface area contributed by atoms with Gasteiger partial charge in [-0.1, -0.05) is 17.7 Å². The van der Waals surface area contributed by atoms with Crippen molar-refractivity contribution < 1.29 is 22.7 Å². The highest BCUT2D eigenvalue weighted by molar-refractivity contribution is 7.92. The van der Waals surface area contributed by atoms with Crippen LogP contribution in [0.25, 0.3) is 0 Å². The number of sulfonamides is 1. The molecule has 0 fully saturated rings. The van der Waals surface area contributed by atoms with Gasteiger partial charge in [-0.3, -0.25) is 9.10 Å². The Kier molecular flexibility index (Phi) is 7.60. The second kappa shape index (κ2) is 10.4. The molecule has 33 heavy (non-hydrogen) atoms. The summed E-state index contributed by atoms with van der Waals surface area (Å²) in [6.07, 6.45) is 0. The van der Waals surface area contributed by atoms with E-state index in [0.717, 1.165) is 11.3 Å². The second-order valence-electron chi connectivity index (χ2n) is 7.57. The zero-order chi connectivity index (χ0) is 24.0. The minimum Gasteiger partial charge on any atom is -0.497 e. The van der Waals surface area contributed by atoms with E-state index in [1.54, 1.807) is 36.4 Å². The number of nitrogens with zero attached hydrogens (tertiary/aromatic N) is 1. The number of hydrogen-bond acceptors (Lipinski definition) is 5. The monoisotopic (exact) mass is 468 g/mol. The molecule has 0 atom stereocenters. The van der Waals surface area contributed by atoms with E-state index in [2.05, 4.69) is 5.32 Å². The third kappa shape index (κ3) is 5.84. The van der Waals surface area contributed by atoms with Gasteiger partial charge in [-0.15, -0.1) is 0 Å². The molecule has 1 N–H and O–H groups in total. The smallest absolute Gasteiger partial charge is 0.264 e. The van der Waals surface area contributed by atoms with Crippen LogP contribution in [-0.2, 0) is 10.0 Å². The number of carbonyl (C=O) groups is 1. The van der Waals surface area contributed by atoms with E-state index in [-0.39, 0.29) is 10.8 Å². The Morgan fingerprint density at radius 1 is 0.970 bits per heavy atom. The summed E-state index contributed by atoms with van der Waals surface area (Å²) in [5.41, 5.74) is 3.09. The van der Waals surface area contributed by atoms with E-state index in [9.17, 15) is 13.2 Å². The number of benzene rings is 3. The molecule has 0 saturated heterocycles. The van der Waals surface area contributed by atoms with Crippen LogP contribution in [0.3, 0.4) is 0 Å². The predicted molar refractivity (Wildman–Crippen MR) is 129 cm³/mol. The molecule has 3 aromatic rings. The first kappa shape index (κ1) is 24.1. The lowest BCUT2D eigenvalue weighted by atomic mass is 10.1. The van der Waals surface area contributed by atoms with Gasteiger partial charge in [-0.05, 0) is 74.0 Å². The predicted octanol–water partition coefficient (Wildman–Crippen LogP) is 3.95. The minimum absolute atomic E-state index is 0.149. The van der Waals surface area contributed by atoms with Crippen molar-refractivity contribution in [3.63, 3.8) is 0 Å². The molecule has 1 amide bonds. The normalized spacial score (nSPS) is 11.0. The molecule has 3 aromatic carbocycles. The Balaban J connectivity index is 1.57. The van der Waals surface area contributed by atoms with Crippen molar-refractivity contribution in [3.05, 3.63) is 83.4 Å². The van der Waals surface area contributed by atoms with E-state index < -0.39 is 10.0 Å². The van der Waals surface area contributed by atoms with Crippen molar-refractivity contribution >= 4 is 21.6 Å². The Labute approximate surface area is 195 Å². The maximum absolute atomic E-state index is 12.9. The van der Waals surface area contributed by atoms with Gasteiger partial charge in [0.25, 0.3) is 15.9 Å². The highest BCUT2D eigenvalue weighted by atomic mass is 32.2. The van der Waals surface area contributed by atoms with E-state index in [1.165, 1.54) is 36.2 Å². The summed E-state index contributed by atoms with van der Waals surface area (Å²) in [5, 5.41) is 2.81. The molecule has 7 nitrogen and oxygen atoms in total. The number of anilines is 1. The Hall–Kier alpha value is -3.52. The third-order valence-corrected chi connectivity index (χ3v) is 6.99. The van der Waals surface area contributed by atoms with Crippen LogP contribution in [0, 0.1) is 13.8 Å². The van der Waals surface area contributed by atoms with Crippen LogP contribution in [0.5, 0.6) is 11.5 Å². The molecule has 0 aliphatic carbocycles. The van der Waals surface area contributed by atoms with Gasteiger partial charge in [-0.25, -0.2) is 8.42 Å². The van der Waals surface area contributed by atoms with Gasteiger partial charge in [0.15, 0.2) is 0 Å². The van der Waals surface area contributed by atoms with Crippen molar-refractivity contribution in [1.82, 2.24) is 5.32 Å². The zero-order valence-electron chi connectivity index (χ0n) is 19.2. The van der Waals surface area contributed by atoms with Crippen LogP contribution in [0.4, 0.5) is 5.69 Å². The minimum atomic E-state index is -3.74. The van der Waals surface area contributed by atoms with Gasteiger partial charge in [0, 0.05) is 12.6 Å². The summed E-state index contributed by atoms with van der Waals surface area (Å²) < 4.78 is 37.7. The molecule has 0 bridgehead atoms. The average molecular weight is 469 g/mol. The molecular formula is C25H28N2O5S. The van der Waals surface area contributed by atoms with Gasteiger partial charge in [0.2, 0.25) is 0 Å². The molecule has 0 unspecified atom stereocenters. The Bertz CT molecular complexity index is 1210. The number of nitrogens with one attached hydrogen (secondary N) is 1. The molecule has 0 aromatic heterocycles. The standard InChI is InChI=1S/C25H28N2O5S/c1-18-5-14-24(19(2)17-18)32-16-15-26-25(28)20-6-8-21(9-7-20)27(3)33(29,30)23-12-10-22(31-4)11-13-23/h5-14,17H,15-16H2,1-4H3,(H,26,28). The fourth-order valence-electron chi connectivity index (χ4n) is 3.26. The van der Waals surface area contributed by atoms with E-state index in [4.69, 9.17) is 9.47 Å². The quantitative estimate of drug-likeness (QED) is 0.481. The Morgan fingerprint density at radius 2 is 1.64 bits per heavy atom. The summed E-state index contributed by atoms with van der Waals surface area (Å²) in [6.45, 7) is 4.69. The number of hydrogen-bond donors (Lipinski definition) is 1. The van der Waals surface area contributed by atoms with Gasteiger partial charge in [0.05, 0.1) is 24.2 Å². The number of rotatable bonds is 9. The summed E-state index contributed by atoms with van der Waals surface area (Å²) in [5.74, 6) is 1.11. The molecular weight excluding hydrogens is 440 g/mol. The van der Waals surface area contributed by atoms with E-state index >= 15 is 0 Å². The highest BCUT2D eigenvalue weighted by Crippen LogP contribution is 2.24. The molecule has 0 heterocycles. The molecule has 3 rings (SSSR count). The van der Waals surface area contributed by atoms with E-state index in [1.807, 2.05) is 32.0 Å². The summed E-state index contributed by atoms with van der Waals surface area (Å²) in [7, 11) is -0.749. The molecule has 8 heteroatoms. The van der Waals surface area contributed by atoms with Crippen LogP contribution in [-0.4, -0.2) is 41.6 Å². The summed E-state index contributed by atoms with van der Waals surface area (Å²) >= 11 is 0. The van der Waals surface area contributed by atoms with Crippen molar-refractivity contribution in [2.75, 3.05) is 31.6 Å². The lowest BCUT2D eigenvalue weighted by Crippen LogP contribution is -2.28. The Morgan fingerprint density at radius 3 is 2.24 bits per heavy atom. The van der Waals surface area contributed by atoms with Crippen LogP contribution in [0.15, 0.2) is 71.6 Å². The van der Waals surface area contributed by atoms with Gasteiger partial charge >= 0.3 is 0 Å². The molecule has 0 spiro atoms. The maximum Gasteiger partial charge on any atom is 0.264 e. The molecule has 0 radical (unpaired) electrons. The number of carbonyl (C=O) groups excluding carboxylic acids is 1. The summed E-state index contributed by atoms with van der Waals surface area (Å²) in [4.78, 5) is 12.6. The van der Waals surface area contributed by atoms with Gasteiger partial charge in [-0.2, -0.15) is 0 Å². The van der Waals surface area contributed by atoms with Gasteiger partial charge < -0.3 is 14.8 Å². The van der Waals surface area contributed by atoms with Crippen LogP contribution >= 0.6 is 0 Å². The molecule has 0 aliphatic rings. The van der Waals surface area contributed by atoms with Crippen molar-refractivity contribution in [2.24, 2.45) is 0 Å². The molecule has 0 aliphatic heterocycles. The van der Waals surface area contributed by atoms with Crippen molar-refractivity contribution in [2.45, 2.75) is 18.7 Å². The number of methoxy groups -OCH3 is 1. The number of amides is 1. The van der Waals surface area contributed by atoms with Crippen molar-refractivity contribution in [3.8, 4) is 11.5 Å². The van der Waals surface area contributed by atoms with Crippen LogP contribution in [0.1, 0.15) is 21.5 Å². The fourth-order valence-corrected chi connectivity index (χ4v) is 4.45. The van der Waals surface area contributed by atoms with E-state index in [0.29, 0.717) is 30.2 Å². The second-order valence-corrected chi connectivity index (χ2v) is 9.54. The SMILES string of the molecule is COc1ccc(S(=O)(=O)N(C)c2ccc(C(=O)NCCOc3ccc(C)cc3C)cc2)cc1. The fraction of sp³-hybridized carbons (Fsp3) is 0.240. The van der Waals surface area contributed by atoms with Crippen LogP contribution in [0.2, 0.25) is 0 Å². The topological polar surface area (TPSA) is 84.9 Å². The zero-order valence-corrected chi connectivity index (χ0v) is 20.0. The summed E-state index contributed by atoms with van der Waals surface area (Å²) in [6, 6.07) is 18.5. The highest BCUT2D eigenvalue weighted by Gasteiger charge is 2.21. The third-order valence-electron chi connectivity index (χ3n) is 5.19. The molecule has 174 valence electrons. The van der Waals surface area contributed by atoms with Crippen LogP contribution < -0.4 is 19.1 Å². The first-order valence-electron chi connectivity index (χ1n) is 10.4. The molecule has 0 saturated carbocycles. The maximum atomic E-state index is 12.9. The largest absolute Gasteiger partial charge is 0.497 e. The number of aryl methyl sites for hydroxylation is 2. The first-order chi connectivity index (χ1) is 15.7. The first-order valence-corrected chi connectivity index (χ1v) is 11.9. The van der Waals surface area contributed by atoms with Crippen molar-refractivity contribution in [1.29, 1.82) is 0 Å². The number of ether oxygens (including phenoxy) is 2.